The van der Waals surface area contributed by atoms with E-state index in [1.807, 2.05) is 36.4 Å². The molecule has 1 N–H and O–H groups in total. The van der Waals surface area contributed by atoms with E-state index in [0.717, 1.165) is 12.0 Å². The van der Waals surface area contributed by atoms with Crippen LogP contribution in [0.4, 0.5) is 5.69 Å². The Kier molecular flexibility index (Phi) is 6.17. The summed E-state index contributed by atoms with van der Waals surface area (Å²) >= 11 is 1.28. The van der Waals surface area contributed by atoms with Crippen LogP contribution < -0.4 is 10.2 Å². The zero-order valence-corrected chi connectivity index (χ0v) is 16.6. The maximum atomic E-state index is 13.2. The average molecular weight is 391 g/mol. The van der Waals surface area contributed by atoms with Gasteiger partial charge in [0, 0.05) is 12.7 Å². The van der Waals surface area contributed by atoms with Crippen molar-refractivity contribution in [2.24, 2.45) is 0 Å². The van der Waals surface area contributed by atoms with Crippen molar-refractivity contribution in [3.05, 3.63) is 76.3 Å². The first-order chi connectivity index (χ1) is 13.6. The summed E-state index contributed by atoms with van der Waals surface area (Å²) in [6, 6.07) is 19.3. The Morgan fingerprint density at radius 3 is 2.36 bits per heavy atom. The zero-order valence-electron chi connectivity index (χ0n) is 15.8. The number of para-hydroxylation sites is 1. The van der Waals surface area contributed by atoms with Gasteiger partial charge in [-0.25, -0.2) is 0 Å². The minimum absolute atomic E-state index is 0.0477. The van der Waals surface area contributed by atoms with Gasteiger partial charge < -0.3 is 5.32 Å². The van der Waals surface area contributed by atoms with E-state index >= 15 is 0 Å². The van der Waals surface area contributed by atoms with Gasteiger partial charge in [-0.3, -0.25) is 14.5 Å². The van der Waals surface area contributed by atoms with Gasteiger partial charge in [-0.1, -0.05) is 61.2 Å². The van der Waals surface area contributed by atoms with E-state index in [1.165, 1.54) is 29.3 Å². The Hall–Kier alpha value is -3.04. The molecule has 1 heterocycles. The van der Waals surface area contributed by atoms with Crippen LogP contribution in [0.2, 0.25) is 0 Å². The Morgan fingerprint density at radius 1 is 1.14 bits per heavy atom. The number of carbonyl (C=O) groups excluding carboxylic acids is 2. The van der Waals surface area contributed by atoms with Crippen LogP contribution in [0.25, 0.3) is 0 Å². The lowest BCUT2D eigenvalue weighted by atomic mass is 10.1. The summed E-state index contributed by atoms with van der Waals surface area (Å²) < 4.78 is 0. The predicted octanol–water partition coefficient (Wildman–Crippen LogP) is 3.42. The molecule has 0 aliphatic carbocycles. The highest BCUT2D eigenvalue weighted by Crippen LogP contribution is 2.41. The zero-order chi connectivity index (χ0) is 20.1. The number of likely N-dealkylation sites (N-methyl/N-ethyl adjacent to an activating group) is 1. The molecule has 1 atom stereocenters. The van der Waals surface area contributed by atoms with Crippen LogP contribution in [0, 0.1) is 11.3 Å². The van der Waals surface area contributed by atoms with E-state index in [9.17, 15) is 14.9 Å². The highest BCUT2D eigenvalue weighted by Gasteiger charge is 2.40. The molecule has 0 saturated carbocycles. The summed E-state index contributed by atoms with van der Waals surface area (Å²) in [7, 11) is 1.47. The van der Waals surface area contributed by atoms with Crippen molar-refractivity contribution in [3.8, 4) is 6.07 Å². The number of rotatable bonds is 5. The molecule has 1 saturated heterocycles. The lowest BCUT2D eigenvalue weighted by molar-refractivity contribution is -0.117. The summed E-state index contributed by atoms with van der Waals surface area (Å²) in [6.07, 6.45) is 1.50. The molecule has 2 aromatic carbocycles. The standard InChI is InChI=1S/C22H21N3O2S/c1-3-15-9-11-16(12-10-15)13-19-21(27)25(17-7-5-4-6-8-17)22(28-19)18(14-23)20(26)24-2/h4-12,19H,3,13H2,1-2H3,(H,24,26)/b22-18-/t19-/m0/s1. The third-order valence-corrected chi connectivity index (χ3v) is 5.86. The van der Waals surface area contributed by atoms with Crippen LogP contribution >= 0.6 is 11.8 Å². The van der Waals surface area contributed by atoms with Crippen molar-refractivity contribution in [2.45, 2.75) is 25.0 Å². The van der Waals surface area contributed by atoms with Crippen LogP contribution in [0.3, 0.4) is 0 Å². The first-order valence-corrected chi connectivity index (χ1v) is 9.97. The largest absolute Gasteiger partial charge is 0.354 e. The predicted molar refractivity (Wildman–Crippen MR) is 112 cm³/mol. The van der Waals surface area contributed by atoms with Crippen LogP contribution in [0.1, 0.15) is 18.1 Å². The fourth-order valence-electron chi connectivity index (χ4n) is 3.05. The number of carbonyl (C=O) groups is 2. The molecule has 1 aliphatic heterocycles. The molecule has 2 aromatic rings. The summed E-state index contributed by atoms with van der Waals surface area (Å²) in [5.41, 5.74) is 2.90. The van der Waals surface area contributed by atoms with Crippen LogP contribution in [0.15, 0.2) is 65.2 Å². The number of nitrogens with one attached hydrogen (secondary N) is 1. The molecule has 1 aliphatic rings. The van der Waals surface area contributed by atoms with Crippen LogP contribution in [-0.2, 0) is 22.4 Å². The Bertz CT molecular complexity index is 946. The number of thioether (sulfide) groups is 1. The monoisotopic (exact) mass is 391 g/mol. The van der Waals surface area contributed by atoms with Gasteiger partial charge in [0.2, 0.25) is 5.91 Å². The number of hydrogen-bond donors (Lipinski definition) is 1. The summed E-state index contributed by atoms with van der Waals surface area (Å²) in [5.74, 6) is -0.617. The van der Waals surface area contributed by atoms with Crippen molar-refractivity contribution in [1.29, 1.82) is 5.26 Å². The number of hydrogen-bond acceptors (Lipinski definition) is 4. The third kappa shape index (κ3) is 3.95. The molecule has 0 spiro atoms. The lowest BCUT2D eigenvalue weighted by Gasteiger charge is -2.18. The normalized spacial score (nSPS) is 18.0. The maximum Gasteiger partial charge on any atom is 0.264 e. The number of benzene rings is 2. The fourth-order valence-corrected chi connectivity index (χ4v) is 4.36. The average Bonchev–Trinajstić information content (AvgIpc) is 3.05. The first kappa shape index (κ1) is 19.7. The third-order valence-electron chi connectivity index (χ3n) is 4.60. The number of aryl methyl sites for hydroxylation is 1. The number of anilines is 1. The lowest BCUT2D eigenvalue weighted by Crippen LogP contribution is -2.31. The second-order valence-electron chi connectivity index (χ2n) is 6.36. The van der Waals surface area contributed by atoms with Crippen molar-refractivity contribution < 1.29 is 9.59 Å². The van der Waals surface area contributed by atoms with Crippen LogP contribution in [0.5, 0.6) is 0 Å². The summed E-state index contributed by atoms with van der Waals surface area (Å²) in [4.78, 5) is 26.9. The van der Waals surface area contributed by atoms with Crippen molar-refractivity contribution in [2.75, 3.05) is 11.9 Å². The Labute approximate surface area is 169 Å². The van der Waals surface area contributed by atoms with Crippen LogP contribution in [-0.4, -0.2) is 24.1 Å². The molecule has 2 amide bonds. The number of amides is 2. The van der Waals surface area contributed by atoms with Gasteiger partial charge in [0.25, 0.3) is 5.91 Å². The van der Waals surface area contributed by atoms with E-state index < -0.39 is 11.2 Å². The molecule has 3 rings (SSSR count). The van der Waals surface area contributed by atoms with Gasteiger partial charge in [0.15, 0.2) is 0 Å². The number of nitrogens with zero attached hydrogens (tertiary/aromatic N) is 2. The molecular formula is C22H21N3O2S. The molecule has 6 heteroatoms. The molecule has 5 nitrogen and oxygen atoms in total. The Balaban J connectivity index is 1.98. The van der Waals surface area contributed by atoms with Crippen molar-refractivity contribution in [1.82, 2.24) is 5.32 Å². The second-order valence-corrected chi connectivity index (χ2v) is 7.55. The summed E-state index contributed by atoms with van der Waals surface area (Å²) in [5, 5.41) is 12.0. The van der Waals surface area contributed by atoms with Gasteiger partial charge in [0.1, 0.15) is 16.7 Å². The molecule has 0 bridgehead atoms. The smallest absolute Gasteiger partial charge is 0.264 e. The highest BCUT2D eigenvalue weighted by molar-refractivity contribution is 8.05. The van der Waals surface area contributed by atoms with E-state index in [0.29, 0.717) is 17.1 Å². The number of nitriles is 1. The Morgan fingerprint density at radius 2 is 1.79 bits per heavy atom. The molecule has 1 fully saturated rings. The molecule has 0 unspecified atom stereocenters. The maximum absolute atomic E-state index is 13.2. The van der Waals surface area contributed by atoms with Crippen molar-refractivity contribution in [3.63, 3.8) is 0 Å². The van der Waals surface area contributed by atoms with Gasteiger partial charge in [0.05, 0.1) is 5.25 Å². The van der Waals surface area contributed by atoms with Gasteiger partial charge in [-0.15, -0.1) is 0 Å². The topological polar surface area (TPSA) is 73.2 Å². The van der Waals surface area contributed by atoms with E-state index in [-0.39, 0.29) is 11.5 Å². The molecular weight excluding hydrogens is 370 g/mol. The van der Waals surface area contributed by atoms with E-state index in [1.54, 1.807) is 12.1 Å². The van der Waals surface area contributed by atoms with Gasteiger partial charge in [-0.05, 0) is 36.1 Å². The minimum atomic E-state index is -0.494. The quantitative estimate of drug-likeness (QED) is 0.626. The SMILES string of the molecule is CCc1ccc(C[C@@H]2S/C(=C(/C#N)C(=O)NC)N(c3ccccc3)C2=O)cc1. The fraction of sp³-hybridized carbons (Fsp3) is 0.227. The van der Waals surface area contributed by atoms with Gasteiger partial charge in [-0.2, -0.15) is 5.26 Å². The van der Waals surface area contributed by atoms with Crippen molar-refractivity contribution >= 4 is 29.3 Å². The molecule has 0 aromatic heterocycles. The van der Waals surface area contributed by atoms with E-state index in [2.05, 4.69) is 24.4 Å². The molecule has 0 radical (unpaired) electrons. The summed E-state index contributed by atoms with van der Waals surface area (Å²) in [6.45, 7) is 2.10. The van der Waals surface area contributed by atoms with E-state index in [4.69, 9.17) is 0 Å². The van der Waals surface area contributed by atoms with Gasteiger partial charge >= 0.3 is 0 Å². The second kappa shape index (κ2) is 8.77. The highest BCUT2D eigenvalue weighted by atomic mass is 32.2. The first-order valence-electron chi connectivity index (χ1n) is 9.09. The molecule has 28 heavy (non-hydrogen) atoms. The minimum Gasteiger partial charge on any atom is -0.354 e. The molecule has 142 valence electrons.